The van der Waals surface area contributed by atoms with Gasteiger partial charge in [0.25, 0.3) is 11.5 Å². The minimum Gasteiger partial charge on any atom is -0.336 e. The van der Waals surface area contributed by atoms with Crippen molar-refractivity contribution in [2.24, 2.45) is 0 Å². The molecule has 2 heterocycles. The van der Waals surface area contributed by atoms with Gasteiger partial charge in [0, 0.05) is 19.2 Å². The molecule has 9 heteroatoms. The van der Waals surface area contributed by atoms with Crippen LogP contribution in [0.25, 0.3) is 0 Å². The van der Waals surface area contributed by atoms with Crippen LogP contribution in [-0.4, -0.2) is 48.0 Å². The van der Waals surface area contributed by atoms with Crippen LogP contribution in [0.4, 0.5) is 0 Å². The third-order valence-electron chi connectivity index (χ3n) is 4.19. The van der Waals surface area contributed by atoms with E-state index in [0.29, 0.717) is 5.56 Å². The number of carbonyl (C=O) groups excluding carboxylic acids is 1. The summed E-state index contributed by atoms with van der Waals surface area (Å²) >= 11 is 0. The first kappa shape index (κ1) is 17.2. The highest BCUT2D eigenvalue weighted by Gasteiger charge is 2.33. The van der Waals surface area contributed by atoms with E-state index in [1.807, 2.05) is 11.1 Å². The van der Waals surface area contributed by atoms with Crippen LogP contribution in [0.1, 0.15) is 27.7 Å². The van der Waals surface area contributed by atoms with Gasteiger partial charge in [-0.25, -0.2) is 13.2 Å². The van der Waals surface area contributed by atoms with E-state index >= 15 is 0 Å². The number of H-pyrrole nitrogens is 2. The van der Waals surface area contributed by atoms with Crippen molar-refractivity contribution in [2.45, 2.75) is 11.7 Å². The van der Waals surface area contributed by atoms with E-state index in [1.165, 1.54) is 4.90 Å². The Balaban J connectivity index is 1.86. The van der Waals surface area contributed by atoms with E-state index in [0.717, 1.165) is 6.07 Å². The first-order chi connectivity index (χ1) is 11.9. The molecule has 1 aromatic carbocycles. The number of nitrogens with one attached hydrogen (secondary N) is 2. The molecule has 0 radical (unpaired) electrons. The molecule has 0 spiro atoms. The summed E-state index contributed by atoms with van der Waals surface area (Å²) in [5, 5.41) is -0.676. The number of aromatic amines is 2. The fourth-order valence-electron chi connectivity index (χ4n) is 2.94. The molecule has 0 bridgehead atoms. The standard InChI is InChI=1S/C16H17N3O5S/c20-14-10-12(17-16(22)18-14)15(21)19-7-6-13(25(23,24)9-8-19)11-4-2-1-3-5-11/h1-5,10,13H,6-9H2,(H2,17,18,20,22). The zero-order chi connectivity index (χ0) is 18.0. The minimum atomic E-state index is -3.41. The second kappa shape index (κ2) is 6.67. The SMILES string of the molecule is O=C(c1cc(=O)[nH]c(=O)[nH]1)N1CCC(c2ccccc2)S(=O)(=O)CC1. The molecule has 132 valence electrons. The maximum Gasteiger partial charge on any atom is 0.326 e. The van der Waals surface area contributed by atoms with Crippen molar-refractivity contribution < 1.29 is 13.2 Å². The number of carbonyl (C=O) groups is 1. The third kappa shape index (κ3) is 3.71. The van der Waals surface area contributed by atoms with E-state index in [1.54, 1.807) is 24.3 Å². The van der Waals surface area contributed by atoms with Gasteiger partial charge in [0.15, 0.2) is 9.84 Å². The molecule has 1 aliphatic rings. The van der Waals surface area contributed by atoms with Crippen LogP contribution in [0.15, 0.2) is 46.0 Å². The molecule has 25 heavy (non-hydrogen) atoms. The number of sulfone groups is 1. The first-order valence-corrected chi connectivity index (χ1v) is 9.48. The molecule has 1 aliphatic heterocycles. The van der Waals surface area contributed by atoms with Crippen molar-refractivity contribution in [3.8, 4) is 0 Å². The highest BCUT2D eigenvalue weighted by atomic mass is 32.2. The Morgan fingerprint density at radius 3 is 2.48 bits per heavy atom. The van der Waals surface area contributed by atoms with Crippen molar-refractivity contribution >= 4 is 15.7 Å². The van der Waals surface area contributed by atoms with Crippen LogP contribution in [0.2, 0.25) is 0 Å². The van der Waals surface area contributed by atoms with Gasteiger partial charge in [-0.3, -0.25) is 14.6 Å². The van der Waals surface area contributed by atoms with Crippen molar-refractivity contribution in [3.63, 3.8) is 0 Å². The maximum atomic E-state index is 12.6. The summed E-state index contributed by atoms with van der Waals surface area (Å²) in [6.45, 7) is 0.228. The van der Waals surface area contributed by atoms with Gasteiger partial charge in [0.2, 0.25) is 0 Å². The Morgan fingerprint density at radius 2 is 1.80 bits per heavy atom. The van der Waals surface area contributed by atoms with Gasteiger partial charge in [0.1, 0.15) is 5.69 Å². The lowest BCUT2D eigenvalue weighted by atomic mass is 10.1. The van der Waals surface area contributed by atoms with E-state index < -0.39 is 32.2 Å². The molecular weight excluding hydrogens is 346 g/mol. The lowest BCUT2D eigenvalue weighted by molar-refractivity contribution is 0.0760. The van der Waals surface area contributed by atoms with Crippen LogP contribution in [0.3, 0.4) is 0 Å². The Kier molecular flexibility index (Phi) is 4.58. The number of amides is 1. The van der Waals surface area contributed by atoms with Gasteiger partial charge < -0.3 is 9.88 Å². The predicted molar refractivity (Wildman–Crippen MR) is 91.2 cm³/mol. The van der Waals surface area contributed by atoms with E-state index in [4.69, 9.17) is 0 Å². The average Bonchev–Trinajstić information content (AvgIpc) is 2.72. The summed E-state index contributed by atoms with van der Waals surface area (Å²) < 4.78 is 25.1. The number of hydrogen-bond acceptors (Lipinski definition) is 5. The second-order valence-electron chi connectivity index (χ2n) is 5.85. The number of benzene rings is 1. The highest BCUT2D eigenvalue weighted by Crippen LogP contribution is 2.29. The fraction of sp³-hybridized carbons (Fsp3) is 0.312. The Labute approximate surface area is 143 Å². The molecule has 3 rings (SSSR count). The summed E-state index contributed by atoms with van der Waals surface area (Å²) in [4.78, 5) is 40.8. The third-order valence-corrected chi connectivity index (χ3v) is 6.32. The van der Waals surface area contributed by atoms with Crippen molar-refractivity contribution in [3.05, 3.63) is 68.5 Å². The summed E-state index contributed by atoms with van der Waals surface area (Å²) in [6.07, 6.45) is 0.255. The number of aromatic nitrogens is 2. The monoisotopic (exact) mass is 363 g/mol. The topological polar surface area (TPSA) is 120 Å². The van der Waals surface area contributed by atoms with Crippen LogP contribution in [0, 0.1) is 0 Å². The molecule has 1 saturated heterocycles. The molecule has 0 saturated carbocycles. The van der Waals surface area contributed by atoms with Gasteiger partial charge in [-0.15, -0.1) is 0 Å². The minimum absolute atomic E-state index is 0.0132. The number of rotatable bonds is 2. The Hall–Kier alpha value is -2.68. The highest BCUT2D eigenvalue weighted by molar-refractivity contribution is 7.91. The average molecular weight is 363 g/mol. The molecule has 2 N–H and O–H groups in total. The van der Waals surface area contributed by atoms with Crippen molar-refractivity contribution in [1.82, 2.24) is 14.9 Å². The van der Waals surface area contributed by atoms with Crippen molar-refractivity contribution in [1.29, 1.82) is 0 Å². The molecule has 0 aliphatic carbocycles. The number of hydrogen-bond donors (Lipinski definition) is 2. The molecular formula is C16H17N3O5S. The molecule has 1 atom stereocenters. The molecule has 2 aromatic rings. The lowest BCUT2D eigenvalue weighted by Crippen LogP contribution is -2.36. The summed E-state index contributed by atoms with van der Waals surface area (Å²) in [6, 6.07) is 9.88. The van der Waals surface area contributed by atoms with Crippen LogP contribution in [-0.2, 0) is 9.84 Å². The van der Waals surface area contributed by atoms with Crippen molar-refractivity contribution in [2.75, 3.05) is 18.8 Å². The Bertz CT molecular complexity index is 966. The quantitative estimate of drug-likeness (QED) is 0.782. The van der Waals surface area contributed by atoms with Crippen LogP contribution in [0.5, 0.6) is 0 Å². The molecule has 8 nitrogen and oxygen atoms in total. The number of nitrogens with zero attached hydrogens (tertiary/aromatic N) is 1. The van der Waals surface area contributed by atoms with Gasteiger partial charge >= 0.3 is 5.69 Å². The largest absolute Gasteiger partial charge is 0.336 e. The van der Waals surface area contributed by atoms with Gasteiger partial charge in [-0.2, -0.15) is 0 Å². The maximum absolute atomic E-state index is 12.6. The normalized spacial score (nSPS) is 20.0. The van der Waals surface area contributed by atoms with Crippen LogP contribution >= 0.6 is 0 Å². The van der Waals surface area contributed by atoms with Gasteiger partial charge in [0.05, 0.1) is 11.0 Å². The summed E-state index contributed by atoms with van der Waals surface area (Å²) in [5.74, 6) is -0.738. The smallest absolute Gasteiger partial charge is 0.326 e. The van der Waals surface area contributed by atoms with Crippen LogP contribution < -0.4 is 11.2 Å². The molecule has 1 amide bonds. The van der Waals surface area contributed by atoms with Gasteiger partial charge in [-0.05, 0) is 12.0 Å². The van der Waals surface area contributed by atoms with Gasteiger partial charge in [-0.1, -0.05) is 30.3 Å². The Morgan fingerprint density at radius 1 is 1.08 bits per heavy atom. The first-order valence-electron chi connectivity index (χ1n) is 7.76. The summed E-state index contributed by atoms with van der Waals surface area (Å²) in [7, 11) is -3.41. The molecule has 1 fully saturated rings. The lowest BCUT2D eigenvalue weighted by Gasteiger charge is -2.19. The summed E-state index contributed by atoms with van der Waals surface area (Å²) in [5.41, 5.74) is -0.914. The van der Waals surface area contributed by atoms with E-state index in [2.05, 4.69) is 4.98 Å². The van der Waals surface area contributed by atoms with E-state index in [9.17, 15) is 22.8 Å². The zero-order valence-electron chi connectivity index (χ0n) is 13.3. The fourth-order valence-corrected chi connectivity index (χ4v) is 4.74. The zero-order valence-corrected chi connectivity index (χ0v) is 14.1. The molecule has 1 unspecified atom stereocenters. The predicted octanol–water partition coefficient (Wildman–Crippen LogP) is 0.0652. The second-order valence-corrected chi connectivity index (χ2v) is 8.15. The molecule has 1 aromatic heterocycles. The van der Waals surface area contributed by atoms with E-state index in [-0.39, 0.29) is 31.0 Å².